The van der Waals surface area contributed by atoms with Crippen LogP contribution < -0.4 is 0 Å². The van der Waals surface area contributed by atoms with Gasteiger partial charge in [-0.25, -0.2) is 0 Å². The van der Waals surface area contributed by atoms with Gasteiger partial charge >= 0.3 is 0 Å². The van der Waals surface area contributed by atoms with Gasteiger partial charge in [0.1, 0.15) is 0 Å². The molecule has 10 atom stereocenters. The summed E-state index contributed by atoms with van der Waals surface area (Å²) in [5, 5.41) is 34.2. The lowest BCUT2D eigenvalue weighted by atomic mass is 9.34. The normalized spacial score (nSPS) is 50.7. The molecule has 0 heterocycles. The lowest BCUT2D eigenvalue weighted by molar-refractivity contribution is -0.270. The highest BCUT2D eigenvalue weighted by Gasteiger charge is 2.72. The van der Waals surface area contributed by atoms with Gasteiger partial charge in [-0.05, 0) is 111 Å². The maximum atomic E-state index is 11.7. The van der Waals surface area contributed by atoms with Crippen molar-refractivity contribution in [2.75, 3.05) is 0 Å². The van der Waals surface area contributed by atoms with E-state index in [0.717, 1.165) is 51.4 Å². The third-order valence-electron chi connectivity index (χ3n) is 11.8. The molecule has 0 bridgehead atoms. The Balaban J connectivity index is 1.68. The molecule has 0 spiro atoms. The summed E-state index contributed by atoms with van der Waals surface area (Å²) in [6, 6.07) is 0. The smallest absolute Gasteiger partial charge is 0.0595 e. The van der Waals surface area contributed by atoms with E-state index in [1.165, 1.54) is 11.1 Å². The van der Waals surface area contributed by atoms with Gasteiger partial charge in [-0.1, -0.05) is 58.4 Å². The fourth-order valence-electron chi connectivity index (χ4n) is 10.1. The van der Waals surface area contributed by atoms with Crippen molar-refractivity contribution in [3.8, 4) is 0 Å². The van der Waals surface area contributed by atoms with Crippen LogP contribution in [0.2, 0.25) is 0 Å². The van der Waals surface area contributed by atoms with Gasteiger partial charge in [-0.2, -0.15) is 0 Å². The summed E-state index contributed by atoms with van der Waals surface area (Å²) in [7, 11) is 0. The molecule has 33 heavy (non-hydrogen) atoms. The molecule has 0 aromatic rings. The molecule has 0 unspecified atom stereocenters. The van der Waals surface area contributed by atoms with Crippen LogP contribution in [0.25, 0.3) is 0 Å². The maximum Gasteiger partial charge on any atom is 0.0595 e. The molecule has 3 heteroatoms. The minimum absolute atomic E-state index is 0.00534. The van der Waals surface area contributed by atoms with Crippen molar-refractivity contribution in [1.29, 1.82) is 0 Å². The van der Waals surface area contributed by atoms with E-state index in [0.29, 0.717) is 11.8 Å². The van der Waals surface area contributed by atoms with E-state index in [4.69, 9.17) is 0 Å². The minimum Gasteiger partial charge on any atom is -0.393 e. The number of allylic oxidation sites excluding steroid dienone is 3. The van der Waals surface area contributed by atoms with Crippen LogP contribution in [0.15, 0.2) is 23.8 Å². The van der Waals surface area contributed by atoms with Gasteiger partial charge in [0.05, 0.1) is 18.3 Å². The van der Waals surface area contributed by atoms with Crippen molar-refractivity contribution in [1.82, 2.24) is 0 Å². The van der Waals surface area contributed by atoms with Crippen LogP contribution in [0.1, 0.15) is 99.8 Å². The van der Waals surface area contributed by atoms with Gasteiger partial charge < -0.3 is 15.3 Å². The van der Waals surface area contributed by atoms with Gasteiger partial charge in [0.15, 0.2) is 0 Å². The van der Waals surface area contributed by atoms with Crippen molar-refractivity contribution < 1.29 is 15.3 Å². The molecule has 4 saturated carbocycles. The number of hydrogen-bond donors (Lipinski definition) is 3. The van der Waals surface area contributed by atoms with Crippen LogP contribution in [-0.4, -0.2) is 33.6 Å². The molecule has 4 aliphatic rings. The molecular weight excluding hydrogens is 408 g/mol. The van der Waals surface area contributed by atoms with Crippen LogP contribution in [0.3, 0.4) is 0 Å². The Morgan fingerprint density at radius 1 is 0.939 bits per heavy atom. The zero-order chi connectivity index (χ0) is 24.6. The Hall–Kier alpha value is -0.640. The van der Waals surface area contributed by atoms with E-state index < -0.39 is 6.10 Å². The Kier molecular flexibility index (Phi) is 6.33. The predicted octanol–water partition coefficient (Wildman–Crippen LogP) is 6.28. The first-order valence-electron chi connectivity index (χ1n) is 13.6. The quantitative estimate of drug-likeness (QED) is 0.435. The first-order valence-corrected chi connectivity index (χ1v) is 13.6. The predicted molar refractivity (Wildman–Crippen MR) is 136 cm³/mol. The van der Waals surface area contributed by atoms with E-state index in [9.17, 15) is 15.3 Å². The van der Waals surface area contributed by atoms with Crippen molar-refractivity contribution >= 4 is 0 Å². The van der Waals surface area contributed by atoms with Crippen molar-refractivity contribution in [2.24, 2.45) is 45.3 Å². The van der Waals surface area contributed by atoms with E-state index >= 15 is 0 Å². The Morgan fingerprint density at radius 3 is 2.24 bits per heavy atom. The van der Waals surface area contributed by atoms with Gasteiger partial charge in [0.25, 0.3) is 0 Å². The second kappa shape index (κ2) is 8.20. The number of fused-ring (bicyclic) bond motifs is 5. The first kappa shape index (κ1) is 25.5. The van der Waals surface area contributed by atoms with Gasteiger partial charge in [0.2, 0.25) is 0 Å². The van der Waals surface area contributed by atoms with Crippen LogP contribution >= 0.6 is 0 Å². The molecule has 0 radical (unpaired) electrons. The van der Waals surface area contributed by atoms with Crippen LogP contribution in [0, 0.1) is 45.3 Å². The molecule has 188 valence electrons. The molecule has 0 aromatic carbocycles. The Labute approximate surface area is 202 Å². The molecular formula is C30H50O3. The molecule has 3 nitrogen and oxygen atoms in total. The highest BCUT2D eigenvalue weighted by Crippen LogP contribution is 2.75. The standard InChI is InChI=1S/C30H50O3/c1-18(2)10-9-11-19(3)20-12-15-29(7)25(20)21(31)16-23-28(6)14-13-24(33)27(4,5)26(28)22(32)17-30(23,29)8/h10,20-26,31-33H,3,9,11-17H2,1-2,4-8H3/t20-,21-,22+,23-,24+,25+,26+,28-,29-,30-/m1/s1. The highest BCUT2D eigenvalue weighted by molar-refractivity contribution is 5.23. The lowest BCUT2D eigenvalue weighted by Crippen LogP contribution is -2.69. The van der Waals surface area contributed by atoms with Crippen molar-refractivity contribution in [3.63, 3.8) is 0 Å². The zero-order valence-electron chi connectivity index (χ0n) is 22.3. The van der Waals surface area contributed by atoms with Crippen molar-refractivity contribution in [2.45, 2.75) is 118 Å². The average Bonchev–Trinajstić information content (AvgIpc) is 3.07. The first-order chi connectivity index (χ1) is 15.2. The fraction of sp³-hybridized carbons (Fsp3) is 0.867. The second-order valence-corrected chi connectivity index (χ2v) is 14.0. The summed E-state index contributed by atoms with van der Waals surface area (Å²) in [5.41, 5.74) is 2.26. The Morgan fingerprint density at radius 2 is 1.61 bits per heavy atom. The van der Waals surface area contributed by atoms with Crippen molar-refractivity contribution in [3.05, 3.63) is 23.8 Å². The zero-order valence-corrected chi connectivity index (χ0v) is 22.3. The summed E-state index contributed by atoms with van der Waals surface area (Å²) in [6.07, 6.45) is 8.78. The summed E-state index contributed by atoms with van der Waals surface area (Å²) in [4.78, 5) is 0. The fourth-order valence-corrected chi connectivity index (χ4v) is 10.1. The third-order valence-corrected chi connectivity index (χ3v) is 11.8. The molecule has 3 N–H and O–H groups in total. The van der Waals surface area contributed by atoms with Crippen LogP contribution in [0.4, 0.5) is 0 Å². The Bertz CT molecular complexity index is 809. The number of rotatable bonds is 4. The topological polar surface area (TPSA) is 60.7 Å². The monoisotopic (exact) mass is 458 g/mol. The van der Waals surface area contributed by atoms with Gasteiger partial charge in [0, 0.05) is 0 Å². The molecule has 0 aliphatic heterocycles. The van der Waals surface area contributed by atoms with E-state index in [-0.39, 0.29) is 45.7 Å². The number of aliphatic hydroxyl groups is 3. The molecule has 4 rings (SSSR count). The largest absolute Gasteiger partial charge is 0.393 e. The second-order valence-electron chi connectivity index (χ2n) is 14.0. The van der Waals surface area contributed by atoms with Crippen LogP contribution in [-0.2, 0) is 0 Å². The molecule has 4 aliphatic carbocycles. The van der Waals surface area contributed by atoms with Gasteiger partial charge in [-0.3, -0.25) is 0 Å². The number of aliphatic hydroxyl groups excluding tert-OH is 3. The molecule has 0 amide bonds. The van der Waals surface area contributed by atoms with Crippen LogP contribution in [0.5, 0.6) is 0 Å². The molecule has 4 fully saturated rings. The average molecular weight is 459 g/mol. The van der Waals surface area contributed by atoms with E-state index in [2.05, 4.69) is 61.1 Å². The number of hydrogen-bond acceptors (Lipinski definition) is 3. The summed E-state index contributed by atoms with van der Waals surface area (Å²) in [5.74, 6) is 1.03. The SMILES string of the molecule is C=C(CCC=C(C)C)[C@H]1CC[C@]2(C)[C@@H]1[C@H](O)C[C@@H]1[C@@]3(C)CC[C@H](O)C(C)(C)[C@@H]3[C@@H](O)C[C@]12C. The summed E-state index contributed by atoms with van der Waals surface area (Å²) < 4.78 is 0. The molecule has 0 saturated heterocycles. The van der Waals surface area contributed by atoms with E-state index in [1.54, 1.807) is 0 Å². The summed E-state index contributed by atoms with van der Waals surface area (Å²) in [6.45, 7) is 20.4. The maximum absolute atomic E-state index is 11.7. The van der Waals surface area contributed by atoms with Gasteiger partial charge in [-0.15, -0.1) is 0 Å². The third kappa shape index (κ3) is 3.54. The minimum atomic E-state index is -0.408. The van der Waals surface area contributed by atoms with E-state index in [1.807, 2.05) is 0 Å². The molecule has 0 aromatic heterocycles. The highest BCUT2D eigenvalue weighted by atomic mass is 16.3. The lowest BCUT2D eigenvalue weighted by Gasteiger charge is -2.71. The summed E-state index contributed by atoms with van der Waals surface area (Å²) >= 11 is 0.